The molecule has 1 fully saturated rings. The number of nitrogens with one attached hydrogen (secondary N) is 1. The van der Waals surface area contributed by atoms with Gasteiger partial charge in [-0.2, -0.15) is 0 Å². The molecule has 1 aromatic carbocycles. The Labute approximate surface area is 89.7 Å². The van der Waals surface area contributed by atoms with E-state index >= 15 is 0 Å². The second-order valence-corrected chi connectivity index (χ2v) is 3.95. The highest BCUT2D eigenvalue weighted by Crippen LogP contribution is 2.24. The van der Waals surface area contributed by atoms with Crippen molar-refractivity contribution in [1.29, 1.82) is 0 Å². The molecule has 0 saturated carbocycles. The molecule has 1 aromatic rings. The van der Waals surface area contributed by atoms with Crippen LogP contribution in [0.3, 0.4) is 0 Å². The lowest BCUT2D eigenvalue weighted by Crippen LogP contribution is -2.34. The molecule has 0 aliphatic carbocycles. The summed E-state index contributed by atoms with van der Waals surface area (Å²) in [4.78, 5) is 1.35. The minimum Gasteiger partial charge on any atom is -0.310 e. The van der Waals surface area contributed by atoms with E-state index in [9.17, 15) is 0 Å². The maximum Gasteiger partial charge on any atom is 0.0332 e. The fourth-order valence-corrected chi connectivity index (χ4v) is 1.82. The van der Waals surface area contributed by atoms with Crippen LogP contribution in [0.1, 0.15) is 18.0 Å². The van der Waals surface area contributed by atoms with Crippen LogP contribution in [0.2, 0.25) is 0 Å². The van der Waals surface area contributed by atoms with Gasteiger partial charge in [0.15, 0.2) is 0 Å². The summed E-state index contributed by atoms with van der Waals surface area (Å²) in [5.74, 6) is 0. The van der Waals surface area contributed by atoms with Crippen LogP contribution in [-0.2, 0) is 0 Å². The number of hydrogen-bond donors (Lipinski definition) is 1. The SMILES string of the molecule is CSc1ccc([C@H]2CCN2)cc1.Cl. The second-order valence-electron chi connectivity index (χ2n) is 3.07. The molecule has 2 rings (SSSR count). The molecule has 0 aromatic heterocycles. The van der Waals surface area contributed by atoms with Crippen LogP contribution in [0.25, 0.3) is 0 Å². The van der Waals surface area contributed by atoms with Gasteiger partial charge in [-0.25, -0.2) is 0 Å². The fraction of sp³-hybridized carbons (Fsp3) is 0.400. The number of thioether (sulfide) groups is 1. The first-order valence-corrected chi connectivity index (χ1v) is 5.50. The molecule has 0 amide bonds. The topological polar surface area (TPSA) is 12.0 Å². The van der Waals surface area contributed by atoms with E-state index in [0.717, 1.165) is 0 Å². The van der Waals surface area contributed by atoms with E-state index in [-0.39, 0.29) is 12.4 Å². The van der Waals surface area contributed by atoms with E-state index in [4.69, 9.17) is 0 Å². The Balaban J connectivity index is 0.000000845. The van der Waals surface area contributed by atoms with Crippen molar-refractivity contribution in [1.82, 2.24) is 5.32 Å². The van der Waals surface area contributed by atoms with Crippen LogP contribution in [0.15, 0.2) is 29.2 Å². The van der Waals surface area contributed by atoms with E-state index < -0.39 is 0 Å². The number of hydrogen-bond acceptors (Lipinski definition) is 2. The average Bonchev–Trinajstić information content (AvgIpc) is 2.03. The molecular formula is C10H14ClNS. The highest BCUT2D eigenvalue weighted by atomic mass is 35.5. The summed E-state index contributed by atoms with van der Waals surface area (Å²) < 4.78 is 0. The zero-order valence-electron chi connectivity index (χ0n) is 7.62. The van der Waals surface area contributed by atoms with Crippen molar-refractivity contribution in [3.8, 4) is 0 Å². The Kier molecular flexibility index (Phi) is 4.10. The van der Waals surface area contributed by atoms with Crippen molar-refractivity contribution in [2.45, 2.75) is 17.4 Å². The Morgan fingerprint density at radius 2 is 1.92 bits per heavy atom. The van der Waals surface area contributed by atoms with E-state index in [1.165, 1.54) is 23.4 Å². The van der Waals surface area contributed by atoms with Gasteiger partial charge in [-0.05, 0) is 36.9 Å². The molecule has 13 heavy (non-hydrogen) atoms. The predicted octanol–water partition coefficient (Wildman–Crippen LogP) is 2.86. The van der Waals surface area contributed by atoms with Gasteiger partial charge in [0.1, 0.15) is 0 Å². The second kappa shape index (κ2) is 4.89. The highest BCUT2D eigenvalue weighted by molar-refractivity contribution is 7.98. The van der Waals surface area contributed by atoms with Crippen molar-refractivity contribution in [3.05, 3.63) is 29.8 Å². The summed E-state index contributed by atoms with van der Waals surface area (Å²) in [5, 5.41) is 3.39. The summed E-state index contributed by atoms with van der Waals surface area (Å²) >= 11 is 1.79. The fourth-order valence-electron chi connectivity index (χ4n) is 1.41. The largest absolute Gasteiger partial charge is 0.310 e. The molecule has 3 heteroatoms. The monoisotopic (exact) mass is 215 g/mol. The molecule has 72 valence electrons. The van der Waals surface area contributed by atoms with Crippen LogP contribution < -0.4 is 5.32 Å². The Bertz CT molecular complexity index is 256. The first kappa shape index (κ1) is 10.9. The van der Waals surface area contributed by atoms with Gasteiger partial charge in [0.25, 0.3) is 0 Å². The lowest BCUT2D eigenvalue weighted by atomic mass is 9.98. The zero-order valence-corrected chi connectivity index (χ0v) is 9.25. The normalized spacial score (nSPS) is 20.2. The first-order chi connectivity index (χ1) is 5.90. The first-order valence-electron chi connectivity index (χ1n) is 4.27. The third-order valence-electron chi connectivity index (χ3n) is 2.34. The van der Waals surface area contributed by atoms with Gasteiger partial charge in [0.2, 0.25) is 0 Å². The van der Waals surface area contributed by atoms with Gasteiger partial charge in [-0.1, -0.05) is 12.1 Å². The van der Waals surface area contributed by atoms with Crippen molar-refractivity contribution >= 4 is 24.2 Å². The molecular weight excluding hydrogens is 202 g/mol. The third kappa shape index (κ3) is 2.39. The molecule has 0 unspecified atom stereocenters. The van der Waals surface area contributed by atoms with Gasteiger partial charge in [0.05, 0.1) is 0 Å². The van der Waals surface area contributed by atoms with E-state index in [0.29, 0.717) is 6.04 Å². The standard InChI is InChI=1S/C10H13NS.ClH/c1-12-9-4-2-8(3-5-9)10-6-7-11-10;/h2-5,10-11H,6-7H2,1H3;1H/t10-;/m1./s1. The molecule has 1 nitrogen and oxygen atoms in total. The Morgan fingerprint density at radius 1 is 1.31 bits per heavy atom. The van der Waals surface area contributed by atoms with Crippen LogP contribution in [0, 0.1) is 0 Å². The number of halogens is 1. The lowest BCUT2D eigenvalue weighted by Gasteiger charge is -2.28. The van der Waals surface area contributed by atoms with Crippen molar-refractivity contribution in [2.75, 3.05) is 12.8 Å². The summed E-state index contributed by atoms with van der Waals surface area (Å²) in [6.07, 6.45) is 3.40. The summed E-state index contributed by atoms with van der Waals surface area (Å²) in [6.45, 7) is 1.18. The number of rotatable bonds is 2. The van der Waals surface area contributed by atoms with Crippen molar-refractivity contribution in [2.24, 2.45) is 0 Å². The van der Waals surface area contributed by atoms with Crippen molar-refractivity contribution < 1.29 is 0 Å². The molecule has 1 aliphatic rings. The summed E-state index contributed by atoms with van der Waals surface area (Å²) in [5.41, 5.74) is 1.43. The van der Waals surface area contributed by atoms with Gasteiger partial charge in [-0.3, -0.25) is 0 Å². The lowest BCUT2D eigenvalue weighted by molar-refractivity contribution is 0.383. The molecule has 1 saturated heterocycles. The summed E-state index contributed by atoms with van der Waals surface area (Å²) in [7, 11) is 0. The maximum atomic E-state index is 3.39. The molecule has 0 radical (unpaired) electrons. The zero-order chi connectivity index (χ0) is 8.39. The summed E-state index contributed by atoms with van der Waals surface area (Å²) in [6, 6.07) is 9.46. The molecule has 0 bridgehead atoms. The van der Waals surface area contributed by atoms with Crippen molar-refractivity contribution in [3.63, 3.8) is 0 Å². The maximum absolute atomic E-state index is 3.39. The average molecular weight is 216 g/mol. The van der Waals surface area contributed by atoms with Gasteiger partial charge in [-0.15, -0.1) is 24.2 Å². The van der Waals surface area contributed by atoms with Gasteiger partial charge >= 0.3 is 0 Å². The van der Waals surface area contributed by atoms with Gasteiger partial charge < -0.3 is 5.32 Å². The minimum atomic E-state index is 0. The molecule has 1 atom stereocenters. The minimum absolute atomic E-state index is 0. The van der Waals surface area contributed by atoms with E-state index in [1.54, 1.807) is 11.8 Å². The van der Waals surface area contributed by atoms with E-state index in [1.807, 2.05) is 0 Å². The third-order valence-corrected chi connectivity index (χ3v) is 3.09. The van der Waals surface area contributed by atoms with Crippen LogP contribution in [-0.4, -0.2) is 12.8 Å². The predicted molar refractivity (Wildman–Crippen MR) is 60.8 cm³/mol. The molecule has 0 spiro atoms. The molecule has 1 aliphatic heterocycles. The Hall–Kier alpha value is -0.180. The quantitative estimate of drug-likeness (QED) is 0.762. The van der Waals surface area contributed by atoms with Crippen LogP contribution in [0.5, 0.6) is 0 Å². The van der Waals surface area contributed by atoms with Gasteiger partial charge in [0, 0.05) is 10.9 Å². The Morgan fingerprint density at radius 3 is 2.31 bits per heavy atom. The molecule has 1 heterocycles. The van der Waals surface area contributed by atoms with Crippen LogP contribution in [0.4, 0.5) is 0 Å². The number of benzene rings is 1. The van der Waals surface area contributed by atoms with Crippen LogP contribution >= 0.6 is 24.2 Å². The molecule has 1 N–H and O–H groups in total. The van der Waals surface area contributed by atoms with E-state index in [2.05, 4.69) is 35.8 Å². The highest BCUT2D eigenvalue weighted by Gasteiger charge is 2.17. The smallest absolute Gasteiger partial charge is 0.0332 e.